The van der Waals surface area contributed by atoms with Crippen molar-refractivity contribution in [1.29, 1.82) is 5.26 Å². The lowest BCUT2D eigenvalue weighted by atomic mass is 10.2. The van der Waals surface area contributed by atoms with E-state index in [9.17, 15) is 22.0 Å². The van der Waals surface area contributed by atoms with Gasteiger partial charge in [-0.2, -0.15) is 5.26 Å². The number of nitrogen functional groups attached to an aromatic ring is 1. The lowest BCUT2D eigenvalue weighted by molar-refractivity contribution is -0.275. The molecule has 0 aliphatic rings. The number of aromatic nitrogens is 1. The summed E-state index contributed by atoms with van der Waals surface area (Å²) in [6, 6.07) is 1.86. The Morgan fingerprint density at radius 2 is 2.00 bits per heavy atom. The Hall–Kier alpha value is -2.11. The SMILES string of the molecule is N#Cc1nc(C(F)F)c(OC(F)(F)F)cc1N. The molecule has 0 atom stereocenters. The molecule has 0 fully saturated rings. The van der Waals surface area contributed by atoms with Crippen molar-refractivity contribution in [3.05, 3.63) is 17.5 Å². The van der Waals surface area contributed by atoms with Gasteiger partial charge in [0, 0.05) is 6.07 Å². The van der Waals surface area contributed by atoms with Gasteiger partial charge in [0.1, 0.15) is 6.07 Å². The van der Waals surface area contributed by atoms with Crippen LogP contribution in [0.1, 0.15) is 17.8 Å². The maximum Gasteiger partial charge on any atom is 0.573 e. The van der Waals surface area contributed by atoms with Crippen LogP contribution in [0.25, 0.3) is 0 Å². The summed E-state index contributed by atoms with van der Waals surface area (Å²) >= 11 is 0. The fourth-order valence-corrected chi connectivity index (χ4v) is 0.976. The summed E-state index contributed by atoms with van der Waals surface area (Å²) in [7, 11) is 0. The highest BCUT2D eigenvalue weighted by atomic mass is 19.4. The van der Waals surface area contributed by atoms with E-state index in [-0.39, 0.29) is 0 Å². The lowest BCUT2D eigenvalue weighted by Crippen LogP contribution is -2.19. The first-order valence-electron chi connectivity index (χ1n) is 3.99. The second-order valence-electron chi connectivity index (χ2n) is 2.77. The van der Waals surface area contributed by atoms with Crippen molar-refractivity contribution in [3.63, 3.8) is 0 Å². The first-order chi connectivity index (χ1) is 7.74. The topological polar surface area (TPSA) is 71.9 Å². The smallest absolute Gasteiger partial charge is 0.404 e. The van der Waals surface area contributed by atoms with Gasteiger partial charge in [-0.3, -0.25) is 0 Å². The number of nitrogens with two attached hydrogens (primary N) is 1. The van der Waals surface area contributed by atoms with E-state index in [4.69, 9.17) is 11.0 Å². The van der Waals surface area contributed by atoms with E-state index in [1.807, 2.05) is 0 Å². The van der Waals surface area contributed by atoms with Gasteiger partial charge in [0.15, 0.2) is 17.1 Å². The molecule has 1 aromatic rings. The fourth-order valence-electron chi connectivity index (χ4n) is 0.976. The molecule has 0 radical (unpaired) electrons. The van der Waals surface area contributed by atoms with Crippen molar-refractivity contribution in [2.24, 2.45) is 0 Å². The molecular weight excluding hydrogens is 249 g/mol. The number of alkyl halides is 5. The Bertz CT molecular complexity index is 465. The first-order valence-corrected chi connectivity index (χ1v) is 3.99. The van der Waals surface area contributed by atoms with Crippen molar-refractivity contribution in [2.45, 2.75) is 12.8 Å². The fraction of sp³-hybridized carbons (Fsp3) is 0.250. The first kappa shape index (κ1) is 13.0. The third-order valence-corrected chi connectivity index (χ3v) is 1.58. The molecule has 1 aromatic heterocycles. The molecule has 0 saturated carbocycles. The van der Waals surface area contributed by atoms with Crippen LogP contribution in [0, 0.1) is 11.3 Å². The molecule has 0 saturated heterocycles. The average Bonchev–Trinajstić information content (AvgIpc) is 2.14. The molecule has 9 heteroatoms. The van der Waals surface area contributed by atoms with Crippen LogP contribution in [0.2, 0.25) is 0 Å². The zero-order chi connectivity index (χ0) is 13.2. The highest BCUT2D eigenvalue weighted by Gasteiger charge is 2.34. The molecule has 1 heterocycles. The van der Waals surface area contributed by atoms with E-state index in [0.29, 0.717) is 6.07 Å². The summed E-state index contributed by atoms with van der Waals surface area (Å²) in [5.41, 5.74) is 2.79. The molecule has 2 N–H and O–H groups in total. The Morgan fingerprint density at radius 1 is 1.41 bits per heavy atom. The third kappa shape index (κ3) is 3.17. The Morgan fingerprint density at radius 3 is 2.41 bits per heavy atom. The van der Waals surface area contributed by atoms with Crippen LogP contribution in [0.5, 0.6) is 5.75 Å². The molecular formula is C8H4F5N3O. The molecule has 0 amide bonds. The number of hydrogen-bond donors (Lipinski definition) is 1. The highest BCUT2D eigenvalue weighted by Crippen LogP contribution is 2.33. The van der Waals surface area contributed by atoms with Gasteiger partial charge in [-0.1, -0.05) is 0 Å². The molecule has 0 spiro atoms. The van der Waals surface area contributed by atoms with Gasteiger partial charge >= 0.3 is 6.36 Å². The number of pyridine rings is 1. The van der Waals surface area contributed by atoms with Gasteiger partial charge in [0.05, 0.1) is 5.69 Å². The van der Waals surface area contributed by atoms with Crippen molar-refractivity contribution >= 4 is 5.69 Å². The Kier molecular flexibility index (Phi) is 3.36. The quantitative estimate of drug-likeness (QED) is 0.821. The van der Waals surface area contributed by atoms with E-state index >= 15 is 0 Å². The maximum absolute atomic E-state index is 12.4. The summed E-state index contributed by atoms with van der Waals surface area (Å²) in [6.07, 6.45) is -8.47. The normalized spacial score (nSPS) is 11.4. The molecule has 0 aliphatic carbocycles. The van der Waals surface area contributed by atoms with Crippen LogP contribution in [0.15, 0.2) is 6.07 Å². The largest absolute Gasteiger partial charge is 0.573 e. The van der Waals surface area contributed by atoms with Crippen molar-refractivity contribution in [3.8, 4) is 11.8 Å². The second kappa shape index (κ2) is 4.40. The zero-order valence-electron chi connectivity index (χ0n) is 7.92. The molecule has 17 heavy (non-hydrogen) atoms. The lowest BCUT2D eigenvalue weighted by Gasteiger charge is -2.13. The van der Waals surface area contributed by atoms with Crippen LogP contribution in [-0.4, -0.2) is 11.3 Å². The maximum atomic E-state index is 12.4. The standard InChI is InChI=1S/C8H4F5N3O/c9-7(10)6-5(17-8(11,12)13)1-3(15)4(2-14)16-6/h1,7H,15H2. The summed E-state index contributed by atoms with van der Waals surface area (Å²) in [4.78, 5) is 3.01. The van der Waals surface area contributed by atoms with Crippen LogP contribution in [-0.2, 0) is 0 Å². The summed E-state index contributed by atoms with van der Waals surface area (Å²) < 4.78 is 63.8. The molecule has 92 valence electrons. The van der Waals surface area contributed by atoms with Crippen molar-refractivity contribution in [1.82, 2.24) is 4.98 Å². The number of nitrogens with zero attached hydrogens (tertiary/aromatic N) is 2. The second-order valence-corrected chi connectivity index (χ2v) is 2.77. The van der Waals surface area contributed by atoms with Gasteiger partial charge in [-0.05, 0) is 0 Å². The summed E-state index contributed by atoms with van der Waals surface area (Å²) in [5, 5.41) is 8.45. The molecule has 0 bridgehead atoms. The number of nitriles is 1. The van der Waals surface area contributed by atoms with Gasteiger partial charge < -0.3 is 10.5 Å². The Balaban J connectivity index is 3.29. The number of hydrogen-bond acceptors (Lipinski definition) is 4. The average molecular weight is 253 g/mol. The number of ether oxygens (including phenoxy) is 1. The minimum absolute atomic E-state index is 0.476. The molecule has 1 rings (SSSR count). The number of rotatable bonds is 2. The molecule has 0 aromatic carbocycles. The van der Waals surface area contributed by atoms with E-state index in [0.717, 1.165) is 0 Å². The van der Waals surface area contributed by atoms with E-state index in [1.165, 1.54) is 6.07 Å². The van der Waals surface area contributed by atoms with E-state index in [1.54, 1.807) is 0 Å². The van der Waals surface area contributed by atoms with Crippen LogP contribution >= 0.6 is 0 Å². The van der Waals surface area contributed by atoms with Crippen LogP contribution in [0.4, 0.5) is 27.6 Å². The minimum Gasteiger partial charge on any atom is -0.404 e. The predicted octanol–water partition coefficient (Wildman–Crippen LogP) is 2.37. The predicted molar refractivity (Wildman–Crippen MR) is 45.0 cm³/mol. The number of halogens is 5. The summed E-state index contributed by atoms with van der Waals surface area (Å²) in [5.74, 6) is -1.22. The third-order valence-electron chi connectivity index (χ3n) is 1.58. The summed E-state index contributed by atoms with van der Waals surface area (Å²) in [6.45, 7) is 0. The van der Waals surface area contributed by atoms with Gasteiger partial charge in [-0.25, -0.2) is 13.8 Å². The van der Waals surface area contributed by atoms with Crippen molar-refractivity contribution in [2.75, 3.05) is 5.73 Å². The van der Waals surface area contributed by atoms with E-state index < -0.39 is 35.6 Å². The Labute approximate surface area is 91.4 Å². The monoisotopic (exact) mass is 253 g/mol. The van der Waals surface area contributed by atoms with Crippen LogP contribution in [0.3, 0.4) is 0 Å². The van der Waals surface area contributed by atoms with Gasteiger partial charge in [-0.15, -0.1) is 13.2 Å². The van der Waals surface area contributed by atoms with E-state index in [2.05, 4.69) is 9.72 Å². The van der Waals surface area contributed by atoms with Crippen LogP contribution < -0.4 is 10.5 Å². The minimum atomic E-state index is -5.15. The molecule has 0 aliphatic heterocycles. The molecule has 4 nitrogen and oxygen atoms in total. The highest BCUT2D eigenvalue weighted by molar-refractivity contribution is 5.55. The zero-order valence-corrected chi connectivity index (χ0v) is 7.92. The van der Waals surface area contributed by atoms with Crippen molar-refractivity contribution < 1.29 is 26.7 Å². The molecule has 0 unspecified atom stereocenters. The van der Waals surface area contributed by atoms with Gasteiger partial charge in [0.25, 0.3) is 6.43 Å². The van der Waals surface area contributed by atoms with Gasteiger partial charge in [0.2, 0.25) is 0 Å². The number of anilines is 1.